The highest BCUT2D eigenvalue weighted by atomic mass is 32.2. The van der Waals surface area contributed by atoms with Gasteiger partial charge in [0, 0.05) is 33.9 Å². The van der Waals surface area contributed by atoms with Crippen molar-refractivity contribution in [2.75, 3.05) is 0 Å². The standard InChI is InChI=1S/C21H21O3PS2/c1-16-4-10-19(11-5-16)25(22,23-26-20-12-6-17(2)7-13-20)24-27-21-14-8-18(3)9-15-21/h4-15H,1-3H3. The molecule has 6 heteroatoms. The summed E-state index contributed by atoms with van der Waals surface area (Å²) in [5.41, 5.74) is 3.40. The fourth-order valence-corrected chi connectivity index (χ4v) is 5.69. The summed E-state index contributed by atoms with van der Waals surface area (Å²) in [4.78, 5) is 1.74. The largest absolute Gasteiger partial charge is 0.384 e. The first-order chi connectivity index (χ1) is 12.9. The van der Waals surface area contributed by atoms with E-state index in [2.05, 4.69) is 0 Å². The summed E-state index contributed by atoms with van der Waals surface area (Å²) in [5, 5.41) is 0.535. The quantitative estimate of drug-likeness (QED) is 0.310. The number of hydrogen-bond donors (Lipinski definition) is 0. The van der Waals surface area contributed by atoms with Crippen LogP contribution in [0.4, 0.5) is 0 Å². The Kier molecular flexibility index (Phi) is 6.85. The Morgan fingerprint density at radius 2 is 0.926 bits per heavy atom. The number of hydrogen-bond acceptors (Lipinski definition) is 5. The zero-order chi connectivity index (χ0) is 19.3. The van der Waals surface area contributed by atoms with Gasteiger partial charge in [-0.1, -0.05) is 53.1 Å². The Bertz CT molecular complexity index is 870. The van der Waals surface area contributed by atoms with E-state index in [-0.39, 0.29) is 0 Å². The molecule has 0 atom stereocenters. The van der Waals surface area contributed by atoms with Gasteiger partial charge in [-0.25, -0.2) is 7.94 Å². The molecule has 27 heavy (non-hydrogen) atoms. The van der Waals surface area contributed by atoms with Gasteiger partial charge >= 0.3 is 7.60 Å². The van der Waals surface area contributed by atoms with Crippen molar-refractivity contribution >= 4 is 37.0 Å². The van der Waals surface area contributed by atoms with E-state index in [0.29, 0.717) is 5.30 Å². The molecule has 0 aliphatic rings. The van der Waals surface area contributed by atoms with E-state index in [1.165, 1.54) is 0 Å². The van der Waals surface area contributed by atoms with Crippen molar-refractivity contribution in [2.24, 2.45) is 0 Å². The van der Waals surface area contributed by atoms with Crippen molar-refractivity contribution in [1.29, 1.82) is 0 Å². The Labute approximate surface area is 169 Å². The average molecular weight is 417 g/mol. The summed E-state index contributed by atoms with van der Waals surface area (Å²) in [5.74, 6) is 0. The molecule has 0 bridgehead atoms. The fourth-order valence-electron chi connectivity index (χ4n) is 2.20. The normalized spacial score (nSPS) is 11.5. The Morgan fingerprint density at radius 1 is 0.593 bits per heavy atom. The Balaban J connectivity index is 1.79. The molecule has 0 N–H and O–H groups in total. The van der Waals surface area contributed by atoms with Crippen LogP contribution in [0.5, 0.6) is 0 Å². The smallest absolute Gasteiger partial charge is 0.252 e. The minimum atomic E-state index is -3.52. The zero-order valence-corrected chi connectivity index (χ0v) is 17.9. The van der Waals surface area contributed by atoms with Gasteiger partial charge in [0.1, 0.15) is 0 Å². The fraction of sp³-hybridized carbons (Fsp3) is 0.143. The van der Waals surface area contributed by atoms with Crippen LogP contribution in [0.1, 0.15) is 16.7 Å². The second kappa shape index (κ2) is 9.13. The van der Waals surface area contributed by atoms with Crippen LogP contribution in [0, 0.1) is 20.8 Å². The van der Waals surface area contributed by atoms with Gasteiger partial charge in [-0.05, 0) is 57.2 Å². The number of rotatable bonds is 7. The highest BCUT2D eigenvalue weighted by molar-refractivity contribution is 8.02. The Morgan fingerprint density at radius 3 is 1.30 bits per heavy atom. The lowest BCUT2D eigenvalue weighted by molar-refractivity contribution is 0.446. The predicted molar refractivity (Wildman–Crippen MR) is 115 cm³/mol. The molecule has 0 aliphatic heterocycles. The second-order valence-electron chi connectivity index (χ2n) is 6.27. The highest BCUT2D eigenvalue weighted by Gasteiger charge is 2.30. The molecule has 0 amide bonds. The van der Waals surface area contributed by atoms with Crippen molar-refractivity contribution < 1.29 is 12.5 Å². The first kappa shape index (κ1) is 20.2. The molecular weight excluding hydrogens is 395 g/mol. The van der Waals surface area contributed by atoms with Crippen LogP contribution in [-0.4, -0.2) is 0 Å². The first-order valence-corrected chi connectivity index (χ1v) is 11.5. The third kappa shape index (κ3) is 5.74. The summed E-state index contributed by atoms with van der Waals surface area (Å²) in [6.07, 6.45) is 0. The number of benzene rings is 3. The maximum atomic E-state index is 13.5. The van der Waals surface area contributed by atoms with Gasteiger partial charge in [-0.2, -0.15) is 0 Å². The second-order valence-corrected chi connectivity index (χ2v) is 10.3. The summed E-state index contributed by atoms with van der Waals surface area (Å²) in [6.45, 7) is 6.03. The monoisotopic (exact) mass is 416 g/mol. The molecular formula is C21H21O3PS2. The lowest BCUT2D eigenvalue weighted by Crippen LogP contribution is -2.06. The molecule has 0 saturated carbocycles. The van der Waals surface area contributed by atoms with Crippen molar-refractivity contribution in [2.45, 2.75) is 30.6 Å². The predicted octanol–water partition coefficient (Wildman–Crippen LogP) is 6.88. The van der Waals surface area contributed by atoms with Crippen molar-refractivity contribution in [3.8, 4) is 0 Å². The molecule has 0 heterocycles. The summed E-state index contributed by atoms with van der Waals surface area (Å²) in [7, 11) is -3.52. The van der Waals surface area contributed by atoms with Gasteiger partial charge < -0.3 is 0 Å². The maximum absolute atomic E-state index is 13.5. The van der Waals surface area contributed by atoms with E-state index < -0.39 is 7.60 Å². The third-order valence-electron chi connectivity index (χ3n) is 3.86. The van der Waals surface area contributed by atoms with Crippen LogP contribution < -0.4 is 5.30 Å². The molecule has 3 aromatic rings. The zero-order valence-electron chi connectivity index (χ0n) is 15.4. The van der Waals surface area contributed by atoms with Crippen molar-refractivity contribution in [1.82, 2.24) is 0 Å². The SMILES string of the molecule is Cc1ccc(SOP(=O)(OSc2ccc(C)cc2)c2ccc(C)cc2)cc1. The summed E-state index contributed by atoms with van der Waals surface area (Å²) < 4.78 is 25.0. The topological polar surface area (TPSA) is 35.5 Å². The molecule has 3 aromatic carbocycles. The van der Waals surface area contributed by atoms with Crippen LogP contribution in [-0.2, 0) is 12.5 Å². The minimum Gasteiger partial charge on any atom is -0.252 e. The molecule has 0 saturated heterocycles. The molecule has 0 unspecified atom stereocenters. The van der Waals surface area contributed by atoms with Gasteiger partial charge in [0.2, 0.25) is 0 Å². The molecule has 3 rings (SSSR count). The van der Waals surface area contributed by atoms with E-state index in [1.54, 1.807) is 12.1 Å². The van der Waals surface area contributed by atoms with Gasteiger partial charge in [-0.15, -0.1) is 0 Å². The highest BCUT2D eigenvalue weighted by Crippen LogP contribution is 2.55. The summed E-state index contributed by atoms with van der Waals surface area (Å²) >= 11 is 2.14. The van der Waals surface area contributed by atoms with E-state index in [0.717, 1.165) is 50.6 Å². The van der Waals surface area contributed by atoms with Crippen LogP contribution in [0.3, 0.4) is 0 Å². The molecule has 0 spiro atoms. The van der Waals surface area contributed by atoms with Gasteiger partial charge in [0.15, 0.2) is 0 Å². The van der Waals surface area contributed by atoms with E-state index >= 15 is 0 Å². The Hall–Kier alpha value is -1.49. The van der Waals surface area contributed by atoms with Crippen LogP contribution in [0.15, 0.2) is 82.6 Å². The molecule has 0 radical (unpaired) electrons. The lowest BCUT2D eigenvalue weighted by Gasteiger charge is -2.17. The van der Waals surface area contributed by atoms with Crippen LogP contribution >= 0.6 is 31.7 Å². The molecule has 140 valence electrons. The van der Waals surface area contributed by atoms with E-state index in [1.807, 2.05) is 81.4 Å². The lowest BCUT2D eigenvalue weighted by atomic mass is 10.2. The van der Waals surface area contributed by atoms with E-state index in [4.69, 9.17) is 7.94 Å². The van der Waals surface area contributed by atoms with Crippen molar-refractivity contribution in [3.05, 3.63) is 89.5 Å². The van der Waals surface area contributed by atoms with Gasteiger partial charge in [0.05, 0.1) is 5.30 Å². The maximum Gasteiger partial charge on any atom is 0.384 e. The first-order valence-electron chi connectivity index (χ1n) is 8.48. The van der Waals surface area contributed by atoms with Gasteiger partial charge in [-0.3, -0.25) is 4.57 Å². The third-order valence-corrected chi connectivity index (χ3v) is 7.88. The molecule has 0 aliphatic carbocycles. The summed E-state index contributed by atoms with van der Waals surface area (Å²) in [6, 6.07) is 23.1. The number of aryl methyl sites for hydroxylation is 3. The van der Waals surface area contributed by atoms with Crippen molar-refractivity contribution in [3.63, 3.8) is 0 Å². The molecule has 0 aromatic heterocycles. The average Bonchev–Trinajstić information content (AvgIpc) is 2.68. The van der Waals surface area contributed by atoms with Crippen LogP contribution in [0.2, 0.25) is 0 Å². The molecule has 0 fully saturated rings. The van der Waals surface area contributed by atoms with Gasteiger partial charge in [0.25, 0.3) is 0 Å². The molecule has 3 nitrogen and oxygen atoms in total. The minimum absolute atomic E-state index is 0.535. The van der Waals surface area contributed by atoms with Crippen LogP contribution in [0.25, 0.3) is 0 Å². The van der Waals surface area contributed by atoms with E-state index in [9.17, 15) is 4.57 Å².